The number of rotatable bonds is 6. The van der Waals surface area contributed by atoms with E-state index in [1.54, 1.807) is 36.7 Å². The van der Waals surface area contributed by atoms with Crippen molar-refractivity contribution in [3.63, 3.8) is 0 Å². The maximum absolute atomic E-state index is 13.0. The molecule has 2 N–H and O–H groups in total. The van der Waals surface area contributed by atoms with Gasteiger partial charge >= 0.3 is 6.03 Å². The van der Waals surface area contributed by atoms with Crippen LogP contribution in [0.1, 0.15) is 28.8 Å². The Bertz CT molecular complexity index is 1550. The molecule has 1 aromatic carbocycles. The van der Waals surface area contributed by atoms with Crippen molar-refractivity contribution in [1.29, 1.82) is 0 Å². The highest BCUT2D eigenvalue weighted by atomic mass is 16.5. The summed E-state index contributed by atoms with van der Waals surface area (Å²) in [6, 6.07) is 7.20. The number of piperidine rings is 1. The van der Waals surface area contributed by atoms with Gasteiger partial charge in [0.05, 0.1) is 38.0 Å². The molecule has 4 aliphatic rings. The number of carbonyl (C=O) groups excluding carboxylic acids is 2. The van der Waals surface area contributed by atoms with Gasteiger partial charge in [0.2, 0.25) is 5.95 Å². The third kappa shape index (κ3) is 6.32. The van der Waals surface area contributed by atoms with Crippen LogP contribution in [0, 0.1) is 0 Å². The summed E-state index contributed by atoms with van der Waals surface area (Å²) in [4.78, 5) is 53.1. The molecule has 14 heteroatoms. The first-order valence-corrected chi connectivity index (χ1v) is 16.0. The lowest BCUT2D eigenvalue weighted by Crippen LogP contribution is -2.44. The van der Waals surface area contributed by atoms with Gasteiger partial charge in [-0.05, 0) is 51.2 Å². The van der Waals surface area contributed by atoms with Gasteiger partial charge in [0, 0.05) is 74.4 Å². The second kappa shape index (κ2) is 13.1. The van der Waals surface area contributed by atoms with Crippen LogP contribution >= 0.6 is 0 Å². The van der Waals surface area contributed by atoms with Crippen LogP contribution in [0.3, 0.4) is 0 Å². The third-order valence-corrected chi connectivity index (χ3v) is 9.22. The van der Waals surface area contributed by atoms with Crippen molar-refractivity contribution in [1.82, 2.24) is 29.7 Å². The molecule has 46 heavy (non-hydrogen) atoms. The molecule has 0 saturated carbocycles. The van der Waals surface area contributed by atoms with Gasteiger partial charge in [-0.3, -0.25) is 10.1 Å². The topological polar surface area (TPSA) is 141 Å². The molecule has 2 aromatic heterocycles. The number of hydrogen-bond acceptors (Lipinski definition) is 11. The number of ether oxygens (including phenoxy) is 2. The largest absolute Gasteiger partial charge is 0.378 e. The number of morpholine rings is 2. The van der Waals surface area contributed by atoms with Crippen molar-refractivity contribution in [2.75, 3.05) is 93.7 Å². The summed E-state index contributed by atoms with van der Waals surface area (Å²) in [6.07, 6.45) is 6.03. The molecule has 4 aliphatic heterocycles. The summed E-state index contributed by atoms with van der Waals surface area (Å²) >= 11 is 0. The second-order valence-corrected chi connectivity index (χ2v) is 12.3. The monoisotopic (exact) mass is 628 g/mol. The molecule has 242 valence electrons. The minimum atomic E-state index is -0.487. The highest BCUT2D eigenvalue weighted by Gasteiger charge is 2.37. The molecular formula is C32H40N10O4. The predicted molar refractivity (Wildman–Crippen MR) is 173 cm³/mol. The maximum Gasteiger partial charge on any atom is 0.326 e. The fourth-order valence-electron chi connectivity index (χ4n) is 6.62. The zero-order valence-electron chi connectivity index (χ0n) is 26.3. The van der Waals surface area contributed by atoms with Gasteiger partial charge in [0.15, 0.2) is 5.82 Å². The van der Waals surface area contributed by atoms with E-state index in [1.165, 1.54) is 0 Å². The zero-order valence-corrected chi connectivity index (χ0v) is 26.3. The Labute approximate surface area is 268 Å². The first-order chi connectivity index (χ1) is 22.4. The average Bonchev–Trinajstić information content (AvgIpc) is 3.47. The molecule has 0 bridgehead atoms. The van der Waals surface area contributed by atoms with E-state index in [1.807, 2.05) is 4.90 Å². The average molecular weight is 629 g/mol. The van der Waals surface area contributed by atoms with E-state index in [9.17, 15) is 9.59 Å². The fourth-order valence-corrected chi connectivity index (χ4v) is 6.62. The zero-order chi connectivity index (χ0) is 31.6. The van der Waals surface area contributed by atoms with Crippen molar-refractivity contribution in [2.24, 2.45) is 0 Å². The van der Waals surface area contributed by atoms with Crippen LogP contribution in [-0.2, 0) is 15.9 Å². The molecule has 14 nitrogen and oxygen atoms in total. The molecule has 0 aliphatic carbocycles. The highest BCUT2D eigenvalue weighted by Crippen LogP contribution is 2.39. The third-order valence-electron chi connectivity index (χ3n) is 9.22. The standard InChI is InChI=1S/C32H40N10O4/c1-39(2)24-7-9-41(10-8-24)30(43)21-3-5-23(6-4-21)35-32(44)38-31-33-18-22(19-34-31)27-36-28(40-11-14-45-15-12-40)26-17-25-20-46-16-13-42(25)29(26)37-27/h3-6,18-19,24-25H,7-17,20H2,1-2H3,(H2,33,34,35,38,44)/t25-/m0/s1. The molecule has 6 heterocycles. The van der Waals surface area contributed by atoms with E-state index >= 15 is 0 Å². The van der Waals surface area contributed by atoms with E-state index in [2.05, 4.69) is 49.4 Å². The summed E-state index contributed by atoms with van der Waals surface area (Å²) in [7, 11) is 4.16. The number of hydrogen-bond donors (Lipinski definition) is 2. The summed E-state index contributed by atoms with van der Waals surface area (Å²) < 4.78 is 11.3. The normalized spacial score (nSPS) is 20.0. The molecule has 3 aromatic rings. The van der Waals surface area contributed by atoms with Crippen LogP contribution in [0.5, 0.6) is 0 Å². The van der Waals surface area contributed by atoms with Crippen LogP contribution in [0.4, 0.5) is 28.1 Å². The first kappa shape index (κ1) is 30.3. The van der Waals surface area contributed by atoms with Gasteiger partial charge in [-0.15, -0.1) is 0 Å². The number of likely N-dealkylation sites (tertiary alicyclic amines) is 1. The smallest absolute Gasteiger partial charge is 0.326 e. The van der Waals surface area contributed by atoms with Gasteiger partial charge in [-0.1, -0.05) is 0 Å². The van der Waals surface area contributed by atoms with Crippen molar-refractivity contribution in [2.45, 2.75) is 31.3 Å². The molecule has 7 rings (SSSR count). The van der Waals surface area contributed by atoms with Gasteiger partial charge < -0.3 is 34.4 Å². The number of benzene rings is 1. The van der Waals surface area contributed by atoms with Gasteiger partial charge in [-0.2, -0.15) is 0 Å². The van der Waals surface area contributed by atoms with Crippen LogP contribution in [0.2, 0.25) is 0 Å². The molecule has 0 spiro atoms. The number of nitrogens with zero attached hydrogens (tertiary/aromatic N) is 8. The number of urea groups is 1. The van der Waals surface area contributed by atoms with E-state index in [0.29, 0.717) is 55.1 Å². The number of nitrogens with one attached hydrogen (secondary N) is 2. The lowest BCUT2D eigenvalue weighted by molar-refractivity contribution is 0.0663. The Hall–Kier alpha value is -4.40. The number of fused-ring (bicyclic) bond motifs is 3. The minimum Gasteiger partial charge on any atom is -0.378 e. The van der Waals surface area contributed by atoms with Crippen molar-refractivity contribution >= 4 is 35.2 Å². The fraction of sp³-hybridized carbons (Fsp3) is 0.500. The van der Waals surface area contributed by atoms with Crippen LogP contribution in [-0.4, -0.2) is 127 Å². The van der Waals surface area contributed by atoms with Crippen molar-refractivity contribution in [3.8, 4) is 11.4 Å². The number of carbonyl (C=O) groups is 2. The molecule has 1 atom stereocenters. The van der Waals surface area contributed by atoms with E-state index in [-0.39, 0.29) is 17.9 Å². The predicted octanol–water partition coefficient (Wildman–Crippen LogP) is 2.34. The van der Waals surface area contributed by atoms with Gasteiger partial charge in [0.1, 0.15) is 11.6 Å². The summed E-state index contributed by atoms with van der Waals surface area (Å²) in [6.45, 7) is 6.49. The van der Waals surface area contributed by atoms with Gasteiger partial charge in [0.25, 0.3) is 5.91 Å². The Morgan fingerprint density at radius 3 is 2.28 bits per heavy atom. The highest BCUT2D eigenvalue weighted by molar-refractivity contribution is 5.99. The van der Waals surface area contributed by atoms with Gasteiger partial charge in [-0.25, -0.2) is 24.7 Å². The van der Waals surface area contributed by atoms with E-state index < -0.39 is 6.03 Å². The number of anilines is 4. The Kier molecular flexibility index (Phi) is 8.65. The Morgan fingerprint density at radius 1 is 0.870 bits per heavy atom. The van der Waals surface area contributed by atoms with E-state index in [4.69, 9.17) is 19.4 Å². The van der Waals surface area contributed by atoms with Crippen LogP contribution < -0.4 is 20.4 Å². The Morgan fingerprint density at radius 2 is 1.57 bits per heavy atom. The SMILES string of the molecule is CN(C)C1CCN(C(=O)c2ccc(NC(=O)Nc3ncc(-c4nc(N5CCOCC5)c5c(n4)N4CCOC[C@@H]4C5)cn3)cc2)CC1. The lowest BCUT2D eigenvalue weighted by atomic mass is 10.0. The van der Waals surface area contributed by atoms with Crippen LogP contribution in [0.25, 0.3) is 11.4 Å². The Balaban J connectivity index is 0.996. The summed E-state index contributed by atoms with van der Waals surface area (Å²) in [5, 5.41) is 5.46. The van der Waals surface area contributed by atoms with Crippen molar-refractivity contribution in [3.05, 3.63) is 47.8 Å². The number of aromatic nitrogens is 4. The van der Waals surface area contributed by atoms with Crippen molar-refractivity contribution < 1.29 is 19.1 Å². The molecule has 0 unspecified atom stereocenters. The molecule has 0 radical (unpaired) electrons. The summed E-state index contributed by atoms with van der Waals surface area (Å²) in [5.41, 5.74) is 2.97. The second-order valence-electron chi connectivity index (χ2n) is 12.3. The lowest BCUT2D eigenvalue weighted by Gasteiger charge is -2.35. The molecule has 3 fully saturated rings. The van der Waals surface area contributed by atoms with E-state index in [0.717, 1.165) is 69.2 Å². The maximum atomic E-state index is 13.0. The summed E-state index contributed by atoms with van der Waals surface area (Å²) in [5.74, 6) is 2.58. The molecule has 3 saturated heterocycles. The van der Waals surface area contributed by atoms with Crippen LogP contribution in [0.15, 0.2) is 36.7 Å². The number of amides is 3. The molecular weight excluding hydrogens is 588 g/mol. The molecule has 3 amide bonds. The quantitative estimate of drug-likeness (QED) is 0.416. The first-order valence-electron chi connectivity index (χ1n) is 16.0. The minimum absolute atomic E-state index is 0.0101.